The van der Waals surface area contributed by atoms with Crippen LogP contribution in [0.3, 0.4) is 0 Å². The van der Waals surface area contributed by atoms with E-state index >= 15 is 0 Å². The lowest BCUT2D eigenvalue weighted by molar-refractivity contribution is -0.116. The molecular weight excluding hydrogens is 496 g/mol. The molecule has 0 saturated heterocycles. The van der Waals surface area contributed by atoms with Crippen LogP contribution in [0.25, 0.3) is 0 Å². The topological polar surface area (TPSA) is 94.6 Å². The number of nitriles is 1. The Hall–Kier alpha value is -2.95. The Morgan fingerprint density at radius 1 is 1.28 bits per heavy atom. The highest BCUT2D eigenvalue weighted by atomic mass is 79.9. The summed E-state index contributed by atoms with van der Waals surface area (Å²) in [5.41, 5.74) is 8.38. The Kier molecular flexibility index (Phi) is 6.45. The second-order valence-electron chi connectivity index (χ2n) is 7.49. The number of hydrogen-bond acceptors (Lipinski definition) is 6. The molecule has 1 aliphatic carbocycles. The number of allylic oxidation sites excluding steroid dienone is 3. The molecule has 0 unspecified atom stereocenters. The van der Waals surface area contributed by atoms with Gasteiger partial charge in [0, 0.05) is 23.4 Å². The van der Waals surface area contributed by atoms with Crippen molar-refractivity contribution >= 4 is 33.3 Å². The van der Waals surface area contributed by atoms with Gasteiger partial charge in [0.25, 0.3) is 0 Å². The number of methoxy groups -OCH3 is 1. The number of rotatable bonds is 5. The van der Waals surface area contributed by atoms with Crippen molar-refractivity contribution in [2.24, 2.45) is 5.73 Å². The fourth-order valence-electron chi connectivity index (χ4n) is 3.97. The van der Waals surface area contributed by atoms with Gasteiger partial charge in [0.2, 0.25) is 5.88 Å². The van der Waals surface area contributed by atoms with E-state index < -0.39 is 5.92 Å². The minimum atomic E-state index is -0.618. The van der Waals surface area contributed by atoms with E-state index in [0.29, 0.717) is 63.8 Å². The molecular formula is C24H20BrClN2O4. The number of nitrogens with zero attached hydrogens (tertiary/aromatic N) is 1. The second kappa shape index (κ2) is 9.27. The van der Waals surface area contributed by atoms with Crippen molar-refractivity contribution in [2.45, 2.75) is 31.8 Å². The predicted octanol–water partition coefficient (Wildman–Crippen LogP) is 5.50. The van der Waals surface area contributed by atoms with Gasteiger partial charge in [0.05, 0.1) is 17.5 Å². The molecule has 1 aliphatic heterocycles. The van der Waals surface area contributed by atoms with E-state index in [-0.39, 0.29) is 17.2 Å². The SMILES string of the molecule is COc1cc([C@@H]2C(C#N)=C(N)OC3=C2C(=O)CCC3)cc(Br)c1OCc1ccc(Cl)cc1. The largest absolute Gasteiger partial charge is 0.493 e. The first-order chi connectivity index (χ1) is 15.4. The van der Waals surface area contributed by atoms with Crippen molar-refractivity contribution in [1.29, 1.82) is 5.26 Å². The summed E-state index contributed by atoms with van der Waals surface area (Å²) in [6, 6.07) is 13.1. The summed E-state index contributed by atoms with van der Waals surface area (Å²) in [5, 5.41) is 10.4. The maximum Gasteiger partial charge on any atom is 0.205 e. The first kappa shape index (κ1) is 22.3. The van der Waals surface area contributed by atoms with Crippen molar-refractivity contribution in [3.63, 3.8) is 0 Å². The van der Waals surface area contributed by atoms with Crippen molar-refractivity contribution in [3.8, 4) is 17.6 Å². The van der Waals surface area contributed by atoms with Gasteiger partial charge >= 0.3 is 0 Å². The van der Waals surface area contributed by atoms with E-state index in [0.717, 1.165) is 5.56 Å². The molecule has 0 bridgehead atoms. The van der Waals surface area contributed by atoms with Crippen molar-refractivity contribution in [3.05, 3.63) is 79.8 Å². The lowest BCUT2D eigenvalue weighted by Gasteiger charge is -2.31. The second-order valence-corrected chi connectivity index (χ2v) is 8.78. The van der Waals surface area contributed by atoms with Crippen molar-refractivity contribution in [1.82, 2.24) is 0 Å². The van der Waals surface area contributed by atoms with Gasteiger partial charge in [-0.05, 0) is 57.7 Å². The van der Waals surface area contributed by atoms with Gasteiger partial charge in [-0.2, -0.15) is 5.26 Å². The number of benzene rings is 2. The Balaban J connectivity index is 1.73. The van der Waals surface area contributed by atoms with Crippen LogP contribution in [0.5, 0.6) is 11.5 Å². The van der Waals surface area contributed by atoms with Gasteiger partial charge in [-0.25, -0.2) is 0 Å². The summed E-state index contributed by atoms with van der Waals surface area (Å²) < 4.78 is 17.9. The third kappa shape index (κ3) is 4.21. The highest BCUT2D eigenvalue weighted by Gasteiger charge is 2.38. The number of ketones is 1. The molecule has 0 spiro atoms. The highest BCUT2D eigenvalue weighted by Crippen LogP contribution is 2.47. The smallest absolute Gasteiger partial charge is 0.205 e. The Morgan fingerprint density at radius 2 is 2.03 bits per heavy atom. The van der Waals surface area contributed by atoms with E-state index in [2.05, 4.69) is 22.0 Å². The normalized spacial score (nSPS) is 18.1. The molecule has 0 aromatic heterocycles. The van der Waals surface area contributed by atoms with E-state index in [4.69, 9.17) is 31.5 Å². The summed E-state index contributed by atoms with van der Waals surface area (Å²) in [5.74, 6) is 0.903. The summed E-state index contributed by atoms with van der Waals surface area (Å²) in [6.45, 7) is 0.312. The molecule has 4 rings (SSSR count). The first-order valence-corrected chi connectivity index (χ1v) is 11.2. The van der Waals surface area contributed by atoms with Crippen LogP contribution >= 0.6 is 27.5 Å². The average molecular weight is 516 g/mol. The predicted molar refractivity (Wildman–Crippen MR) is 123 cm³/mol. The number of carbonyl (C=O) groups excluding carboxylic acids is 1. The third-order valence-electron chi connectivity index (χ3n) is 5.49. The van der Waals surface area contributed by atoms with E-state index in [9.17, 15) is 10.1 Å². The molecule has 8 heteroatoms. The molecule has 32 heavy (non-hydrogen) atoms. The van der Waals surface area contributed by atoms with Crippen LogP contribution in [-0.2, 0) is 16.1 Å². The minimum absolute atomic E-state index is 0.0316. The zero-order valence-electron chi connectivity index (χ0n) is 17.3. The number of halogens is 2. The molecule has 2 aliphatic rings. The molecule has 1 heterocycles. The molecule has 0 fully saturated rings. The summed E-state index contributed by atoms with van der Waals surface area (Å²) in [6.07, 6.45) is 1.72. The molecule has 0 saturated carbocycles. The Morgan fingerprint density at radius 3 is 2.72 bits per heavy atom. The van der Waals surface area contributed by atoms with Crippen LogP contribution in [0, 0.1) is 11.3 Å². The lowest BCUT2D eigenvalue weighted by atomic mass is 9.77. The maximum atomic E-state index is 12.8. The minimum Gasteiger partial charge on any atom is -0.493 e. The third-order valence-corrected chi connectivity index (χ3v) is 6.33. The number of carbonyl (C=O) groups is 1. The Labute approximate surface area is 199 Å². The zero-order chi connectivity index (χ0) is 22.8. The first-order valence-electron chi connectivity index (χ1n) is 10.0. The zero-order valence-corrected chi connectivity index (χ0v) is 19.6. The van der Waals surface area contributed by atoms with Crippen LogP contribution in [0.15, 0.2) is 63.7 Å². The van der Waals surface area contributed by atoms with Gasteiger partial charge in [-0.1, -0.05) is 23.7 Å². The maximum absolute atomic E-state index is 12.8. The summed E-state index contributed by atoms with van der Waals surface area (Å²) in [7, 11) is 1.54. The Bertz CT molecular complexity index is 1180. The number of ether oxygens (including phenoxy) is 3. The number of nitrogens with two attached hydrogens (primary N) is 1. The lowest BCUT2D eigenvalue weighted by Crippen LogP contribution is -2.27. The van der Waals surface area contributed by atoms with Crippen LogP contribution in [0.1, 0.15) is 36.3 Å². The van der Waals surface area contributed by atoms with Gasteiger partial charge in [-0.3, -0.25) is 4.79 Å². The molecule has 2 aromatic rings. The van der Waals surface area contributed by atoms with E-state index in [1.54, 1.807) is 18.2 Å². The van der Waals surface area contributed by atoms with Gasteiger partial charge in [-0.15, -0.1) is 0 Å². The van der Waals surface area contributed by atoms with Crippen LogP contribution in [0.2, 0.25) is 5.02 Å². The van der Waals surface area contributed by atoms with Gasteiger partial charge in [0.15, 0.2) is 17.3 Å². The van der Waals surface area contributed by atoms with Crippen molar-refractivity contribution in [2.75, 3.05) is 7.11 Å². The van der Waals surface area contributed by atoms with E-state index in [1.165, 1.54) is 7.11 Å². The van der Waals surface area contributed by atoms with Crippen LogP contribution in [-0.4, -0.2) is 12.9 Å². The molecule has 0 radical (unpaired) electrons. The average Bonchev–Trinajstić information content (AvgIpc) is 2.78. The highest BCUT2D eigenvalue weighted by molar-refractivity contribution is 9.10. The molecule has 2 aromatic carbocycles. The van der Waals surface area contributed by atoms with Gasteiger partial charge < -0.3 is 19.9 Å². The fraction of sp³-hybridized carbons (Fsp3) is 0.250. The molecule has 1 atom stereocenters. The fourth-order valence-corrected chi connectivity index (χ4v) is 4.67. The molecule has 164 valence electrons. The quantitative estimate of drug-likeness (QED) is 0.565. The number of Topliss-reactive ketones (excluding diaryl/α,β-unsaturated/α-hetero) is 1. The number of hydrogen-bond donors (Lipinski definition) is 1. The van der Waals surface area contributed by atoms with Gasteiger partial charge in [0.1, 0.15) is 24.0 Å². The molecule has 0 amide bonds. The summed E-state index contributed by atoms with van der Waals surface area (Å²) in [4.78, 5) is 12.8. The van der Waals surface area contributed by atoms with Crippen LogP contribution < -0.4 is 15.2 Å². The van der Waals surface area contributed by atoms with Crippen LogP contribution in [0.4, 0.5) is 0 Å². The molecule has 2 N–H and O–H groups in total. The molecule has 6 nitrogen and oxygen atoms in total. The standard InChI is InChI=1S/C24H20BrClN2O4/c1-30-20-10-14(9-17(25)23(20)31-12-13-5-7-15(26)8-6-13)21-16(11-27)24(28)32-19-4-2-3-18(29)22(19)21/h5-10,21H,2-4,12,28H2,1H3/t21-/m1/s1. The van der Waals surface area contributed by atoms with Crippen molar-refractivity contribution < 1.29 is 19.0 Å². The monoisotopic (exact) mass is 514 g/mol. The van der Waals surface area contributed by atoms with E-state index in [1.807, 2.05) is 18.2 Å². The summed E-state index contributed by atoms with van der Waals surface area (Å²) >= 11 is 9.51.